The van der Waals surface area contributed by atoms with Crippen LogP contribution in [0.15, 0.2) is 45.9 Å². The van der Waals surface area contributed by atoms with Gasteiger partial charge in [-0.3, -0.25) is 4.79 Å². The average molecular weight is 329 g/mol. The highest BCUT2D eigenvalue weighted by atomic mass is 16.5. The van der Waals surface area contributed by atoms with Gasteiger partial charge in [-0.05, 0) is 50.6 Å². The Morgan fingerprint density at radius 1 is 1.25 bits per heavy atom. The number of carbonyl (C=O) groups excluding carboxylic acids is 2. The van der Waals surface area contributed by atoms with Gasteiger partial charge in [0.25, 0.3) is 5.91 Å². The van der Waals surface area contributed by atoms with Gasteiger partial charge in [0.1, 0.15) is 5.76 Å². The molecule has 1 aromatic heterocycles. The van der Waals surface area contributed by atoms with Crippen LogP contribution < -0.4 is 10.7 Å². The van der Waals surface area contributed by atoms with Gasteiger partial charge in [-0.2, -0.15) is 5.10 Å². The van der Waals surface area contributed by atoms with Crippen LogP contribution >= 0.6 is 0 Å². The maximum atomic E-state index is 12.1. The van der Waals surface area contributed by atoms with Crippen LogP contribution in [0.1, 0.15) is 35.7 Å². The van der Waals surface area contributed by atoms with Crippen molar-refractivity contribution in [3.8, 4) is 0 Å². The van der Waals surface area contributed by atoms with E-state index in [2.05, 4.69) is 15.8 Å². The first kappa shape index (κ1) is 17.3. The summed E-state index contributed by atoms with van der Waals surface area (Å²) >= 11 is 0. The Morgan fingerprint density at radius 3 is 2.71 bits per heavy atom. The van der Waals surface area contributed by atoms with Gasteiger partial charge in [0.15, 0.2) is 5.76 Å². The molecule has 2 N–H and O–H groups in total. The molecule has 0 bridgehead atoms. The Balaban J connectivity index is 2.06. The fourth-order valence-electron chi connectivity index (χ4n) is 1.93. The van der Waals surface area contributed by atoms with Crippen LogP contribution in [0, 0.1) is 6.92 Å². The molecule has 0 saturated carbocycles. The first-order chi connectivity index (χ1) is 11.5. The Morgan fingerprint density at radius 2 is 2.04 bits per heavy atom. The van der Waals surface area contributed by atoms with Crippen LogP contribution in [0.2, 0.25) is 0 Å². The lowest BCUT2D eigenvalue weighted by atomic mass is 10.1. The SMILES string of the molecule is CCOC(=O)N/N=C(\C)c1cccc(NC(=O)c2ccc(C)o2)c1. The van der Waals surface area contributed by atoms with E-state index >= 15 is 0 Å². The number of furan rings is 1. The van der Waals surface area contributed by atoms with E-state index in [1.54, 1.807) is 51.1 Å². The van der Waals surface area contributed by atoms with Crippen LogP contribution in [-0.4, -0.2) is 24.3 Å². The highest BCUT2D eigenvalue weighted by Crippen LogP contribution is 2.14. The fourth-order valence-corrected chi connectivity index (χ4v) is 1.93. The van der Waals surface area contributed by atoms with Crippen LogP contribution in [-0.2, 0) is 4.74 Å². The summed E-state index contributed by atoms with van der Waals surface area (Å²) in [5.41, 5.74) is 4.22. The molecule has 126 valence electrons. The summed E-state index contributed by atoms with van der Waals surface area (Å²) in [6.45, 7) is 5.49. The smallest absolute Gasteiger partial charge is 0.427 e. The Kier molecular flexibility index (Phi) is 5.73. The lowest BCUT2D eigenvalue weighted by Gasteiger charge is -2.07. The van der Waals surface area contributed by atoms with E-state index in [9.17, 15) is 9.59 Å². The molecule has 0 radical (unpaired) electrons. The molecule has 0 aliphatic rings. The number of hydrazone groups is 1. The minimum Gasteiger partial charge on any atom is -0.456 e. The monoisotopic (exact) mass is 329 g/mol. The molecular weight excluding hydrogens is 310 g/mol. The number of carbonyl (C=O) groups is 2. The summed E-state index contributed by atoms with van der Waals surface area (Å²) in [5.74, 6) is 0.577. The van der Waals surface area contributed by atoms with E-state index in [4.69, 9.17) is 9.15 Å². The van der Waals surface area contributed by atoms with E-state index in [-0.39, 0.29) is 18.3 Å². The molecule has 0 unspecified atom stereocenters. The van der Waals surface area contributed by atoms with Crippen LogP contribution in [0.25, 0.3) is 0 Å². The van der Waals surface area contributed by atoms with E-state index in [0.29, 0.717) is 17.2 Å². The molecule has 0 fully saturated rings. The van der Waals surface area contributed by atoms with Crippen LogP contribution in [0.3, 0.4) is 0 Å². The van der Waals surface area contributed by atoms with Crippen LogP contribution in [0.5, 0.6) is 0 Å². The molecule has 24 heavy (non-hydrogen) atoms. The number of rotatable bonds is 5. The largest absolute Gasteiger partial charge is 0.456 e. The van der Waals surface area contributed by atoms with Gasteiger partial charge >= 0.3 is 6.09 Å². The summed E-state index contributed by atoms with van der Waals surface area (Å²) in [6, 6.07) is 10.4. The number of benzene rings is 1. The number of nitrogens with zero attached hydrogens (tertiary/aromatic N) is 1. The molecule has 7 heteroatoms. The number of amides is 2. The predicted octanol–water partition coefficient (Wildman–Crippen LogP) is 3.31. The molecule has 7 nitrogen and oxygen atoms in total. The molecule has 2 rings (SSSR count). The molecule has 1 heterocycles. The van der Waals surface area contributed by atoms with Gasteiger partial charge in [-0.15, -0.1) is 0 Å². The quantitative estimate of drug-likeness (QED) is 0.650. The maximum Gasteiger partial charge on any atom is 0.427 e. The van der Waals surface area contributed by atoms with Crippen LogP contribution in [0.4, 0.5) is 10.5 Å². The van der Waals surface area contributed by atoms with Crippen molar-refractivity contribution >= 4 is 23.4 Å². The molecule has 0 aliphatic carbocycles. The fraction of sp³-hybridized carbons (Fsp3) is 0.235. The molecule has 0 atom stereocenters. The summed E-state index contributed by atoms with van der Waals surface area (Å²) in [6.07, 6.45) is -0.616. The normalized spacial score (nSPS) is 11.0. The van der Waals surface area contributed by atoms with E-state index in [1.807, 2.05) is 6.07 Å². The second kappa shape index (κ2) is 7.96. The highest BCUT2D eigenvalue weighted by Gasteiger charge is 2.10. The Hall–Kier alpha value is -3.09. The van der Waals surface area contributed by atoms with E-state index in [1.165, 1.54) is 0 Å². The van der Waals surface area contributed by atoms with Crippen molar-refractivity contribution in [2.75, 3.05) is 11.9 Å². The minimum atomic E-state index is -0.616. The molecule has 0 saturated heterocycles. The van der Waals surface area contributed by atoms with Gasteiger partial charge in [-0.25, -0.2) is 10.2 Å². The first-order valence-corrected chi connectivity index (χ1v) is 7.45. The van der Waals surface area contributed by atoms with Gasteiger partial charge in [0.05, 0.1) is 12.3 Å². The van der Waals surface area contributed by atoms with Crippen molar-refractivity contribution in [3.05, 3.63) is 53.5 Å². The van der Waals surface area contributed by atoms with E-state index < -0.39 is 6.09 Å². The lowest BCUT2D eigenvalue weighted by Crippen LogP contribution is -2.20. The predicted molar refractivity (Wildman–Crippen MR) is 90.2 cm³/mol. The van der Waals surface area contributed by atoms with E-state index in [0.717, 1.165) is 5.56 Å². The summed E-state index contributed by atoms with van der Waals surface area (Å²) in [5, 5.41) is 6.71. The second-order valence-electron chi connectivity index (χ2n) is 4.97. The summed E-state index contributed by atoms with van der Waals surface area (Å²) in [7, 11) is 0. The van der Waals surface area contributed by atoms with Crippen molar-refractivity contribution in [1.82, 2.24) is 5.43 Å². The number of hydrogen-bond donors (Lipinski definition) is 2. The van der Waals surface area contributed by atoms with Crippen molar-refractivity contribution in [1.29, 1.82) is 0 Å². The topological polar surface area (TPSA) is 92.9 Å². The van der Waals surface area contributed by atoms with Gasteiger partial charge in [-0.1, -0.05) is 12.1 Å². The molecule has 1 aromatic carbocycles. The van der Waals surface area contributed by atoms with Gasteiger partial charge in [0, 0.05) is 5.69 Å². The standard InChI is InChI=1S/C17H19N3O4/c1-4-23-17(22)20-19-12(3)13-6-5-7-14(10-13)18-16(21)15-9-8-11(2)24-15/h5-10H,4H2,1-3H3,(H,18,21)(H,20,22)/b19-12+. The zero-order chi connectivity index (χ0) is 17.5. The minimum absolute atomic E-state index is 0.243. The molecular formula is C17H19N3O4. The lowest BCUT2D eigenvalue weighted by molar-refractivity contribution is 0.0995. The third-order valence-corrected chi connectivity index (χ3v) is 3.09. The van der Waals surface area contributed by atoms with Gasteiger partial charge < -0.3 is 14.5 Å². The highest BCUT2D eigenvalue weighted by molar-refractivity contribution is 6.04. The number of hydrogen-bond acceptors (Lipinski definition) is 5. The van der Waals surface area contributed by atoms with Gasteiger partial charge in [0.2, 0.25) is 0 Å². The Labute approximate surface area is 139 Å². The third-order valence-electron chi connectivity index (χ3n) is 3.09. The zero-order valence-electron chi connectivity index (χ0n) is 13.8. The van der Waals surface area contributed by atoms with Crippen molar-refractivity contribution < 1.29 is 18.7 Å². The number of anilines is 1. The number of nitrogens with one attached hydrogen (secondary N) is 2. The maximum absolute atomic E-state index is 12.1. The summed E-state index contributed by atoms with van der Waals surface area (Å²) < 4.78 is 10.0. The first-order valence-electron chi connectivity index (χ1n) is 7.45. The van der Waals surface area contributed by atoms with Crippen molar-refractivity contribution in [2.24, 2.45) is 5.10 Å². The summed E-state index contributed by atoms with van der Waals surface area (Å²) in [4.78, 5) is 23.3. The molecule has 0 aliphatic heterocycles. The Bertz CT molecular complexity index is 765. The number of ether oxygens (including phenoxy) is 1. The van der Waals surface area contributed by atoms with Crippen molar-refractivity contribution in [2.45, 2.75) is 20.8 Å². The number of aryl methyl sites for hydroxylation is 1. The molecule has 2 amide bonds. The molecule has 0 spiro atoms. The average Bonchev–Trinajstić information content (AvgIpc) is 3.00. The zero-order valence-corrected chi connectivity index (χ0v) is 13.8. The second-order valence-corrected chi connectivity index (χ2v) is 4.97. The third kappa shape index (κ3) is 4.70. The molecule has 2 aromatic rings. The van der Waals surface area contributed by atoms with Crippen molar-refractivity contribution in [3.63, 3.8) is 0 Å².